The van der Waals surface area contributed by atoms with Crippen molar-refractivity contribution in [2.45, 2.75) is 150 Å². The number of aryl methyl sites for hydroxylation is 1. The fraction of sp³-hybridized carbons (Fsp3) is 0.872. The normalized spacial score (nSPS) is 36.7. The molecule has 5 rings (SSSR count). The number of hydrogen-bond donors (Lipinski definition) is 2. The number of hydrogen-bond acceptors (Lipinski definition) is 3. The Labute approximate surface area is 260 Å². The number of anilines is 1. The van der Waals surface area contributed by atoms with Crippen molar-refractivity contribution in [2.24, 2.45) is 52.3 Å². The zero-order valence-corrected chi connectivity index (χ0v) is 28.5. The summed E-state index contributed by atoms with van der Waals surface area (Å²) in [6, 6.07) is 5.09. The van der Waals surface area contributed by atoms with Gasteiger partial charge in [-0.05, 0) is 148 Å². The Morgan fingerprint density at radius 1 is 0.881 bits per heavy atom. The molecule has 3 heteroatoms. The first kappa shape index (κ1) is 32.3. The van der Waals surface area contributed by atoms with E-state index < -0.39 is 0 Å². The Kier molecular flexibility index (Phi) is 11.0. The maximum Gasteiger partial charge on any atom is 0.0424 e. The summed E-state index contributed by atoms with van der Waals surface area (Å²) in [5.74, 6) is 6.76. The van der Waals surface area contributed by atoms with E-state index in [1.54, 1.807) is 0 Å². The Morgan fingerprint density at radius 2 is 1.67 bits per heavy atom. The number of pyridine rings is 1. The van der Waals surface area contributed by atoms with Gasteiger partial charge in [0.25, 0.3) is 0 Å². The van der Waals surface area contributed by atoms with Crippen LogP contribution in [-0.2, 0) is 6.42 Å². The SMILES string of the molecule is CCCc1cc(NCCCCN[C@@H]2CCC3(C)C(CCC4[C@@H]3CCC3(C)[C@@H]([C@H](C)CCCC(C)C)CC[C@@H]43)C2)ccn1. The molecule has 4 fully saturated rings. The number of fused-ring (bicyclic) bond motifs is 5. The van der Waals surface area contributed by atoms with Gasteiger partial charge < -0.3 is 10.6 Å². The van der Waals surface area contributed by atoms with Crippen molar-refractivity contribution >= 4 is 5.69 Å². The zero-order chi connectivity index (χ0) is 29.7. The van der Waals surface area contributed by atoms with E-state index in [-0.39, 0.29) is 0 Å². The summed E-state index contributed by atoms with van der Waals surface area (Å²) < 4.78 is 0. The van der Waals surface area contributed by atoms with E-state index in [1.165, 1.54) is 108 Å². The summed E-state index contributed by atoms with van der Waals surface area (Å²) in [6.45, 7) is 17.4. The highest BCUT2D eigenvalue weighted by Gasteiger charge is 2.60. The number of rotatable bonds is 14. The van der Waals surface area contributed by atoms with Gasteiger partial charge in [0.2, 0.25) is 0 Å². The smallest absolute Gasteiger partial charge is 0.0424 e. The predicted octanol–water partition coefficient (Wildman–Crippen LogP) is 10.3. The Hall–Kier alpha value is -1.09. The largest absolute Gasteiger partial charge is 0.385 e. The minimum absolute atomic E-state index is 0.606. The highest BCUT2D eigenvalue weighted by atomic mass is 14.9. The van der Waals surface area contributed by atoms with Crippen LogP contribution in [0.2, 0.25) is 0 Å². The number of nitrogens with zero attached hydrogens (tertiary/aromatic N) is 1. The first-order chi connectivity index (χ1) is 20.2. The summed E-state index contributed by atoms with van der Waals surface area (Å²) in [4.78, 5) is 4.48. The van der Waals surface area contributed by atoms with Crippen molar-refractivity contribution in [3.05, 3.63) is 24.0 Å². The van der Waals surface area contributed by atoms with Gasteiger partial charge in [-0.3, -0.25) is 4.98 Å². The highest BCUT2D eigenvalue weighted by molar-refractivity contribution is 5.43. The van der Waals surface area contributed by atoms with Gasteiger partial charge in [0.1, 0.15) is 0 Å². The maximum absolute atomic E-state index is 4.48. The summed E-state index contributed by atoms with van der Waals surface area (Å²) in [7, 11) is 0. The molecule has 9 atom stereocenters. The molecule has 0 saturated heterocycles. The van der Waals surface area contributed by atoms with E-state index >= 15 is 0 Å². The second-order valence-corrected chi connectivity index (χ2v) is 16.5. The van der Waals surface area contributed by atoms with E-state index in [0.717, 1.165) is 66.9 Å². The summed E-state index contributed by atoms with van der Waals surface area (Å²) in [5.41, 5.74) is 3.68. The van der Waals surface area contributed by atoms with Crippen LogP contribution in [0.1, 0.15) is 144 Å². The van der Waals surface area contributed by atoms with Crippen LogP contribution in [0.5, 0.6) is 0 Å². The molecule has 238 valence electrons. The summed E-state index contributed by atoms with van der Waals surface area (Å²) in [6.07, 6.45) is 24.5. The average Bonchev–Trinajstić information content (AvgIpc) is 3.32. The predicted molar refractivity (Wildman–Crippen MR) is 181 cm³/mol. The number of unbranched alkanes of at least 4 members (excludes halogenated alkanes) is 1. The van der Waals surface area contributed by atoms with Crippen LogP contribution in [-0.4, -0.2) is 24.1 Å². The Bertz CT molecular complexity index is 974. The van der Waals surface area contributed by atoms with Crippen molar-refractivity contribution in [2.75, 3.05) is 18.4 Å². The quantitative estimate of drug-likeness (QED) is 0.216. The standard InChI is InChI=1S/C39H67N3/c1-7-11-31-27-33(20-25-42-31)41-24-9-8-23-40-32-18-21-38(5)30(26-32)14-15-34-36-17-16-35(29(4)13-10-12-28(2)3)39(36,6)22-19-37(34)38/h20,25,27-30,32,34-37,40H,7-19,21-24,26H2,1-6H3,(H,41,42)/t29-,30?,32-,34?,35-,36+,37+,38?,39?/m1/s1. The molecule has 1 aromatic heterocycles. The molecular formula is C39H67N3. The van der Waals surface area contributed by atoms with Gasteiger partial charge in [0.15, 0.2) is 0 Å². The molecule has 0 spiro atoms. The highest BCUT2D eigenvalue weighted by Crippen LogP contribution is 2.68. The third kappa shape index (κ3) is 7.07. The summed E-state index contributed by atoms with van der Waals surface area (Å²) >= 11 is 0. The lowest BCUT2D eigenvalue weighted by atomic mass is 9.44. The van der Waals surface area contributed by atoms with E-state index in [1.807, 2.05) is 6.20 Å². The minimum Gasteiger partial charge on any atom is -0.385 e. The molecule has 42 heavy (non-hydrogen) atoms. The third-order valence-corrected chi connectivity index (χ3v) is 13.6. The monoisotopic (exact) mass is 578 g/mol. The Balaban J connectivity index is 1.06. The lowest BCUT2D eigenvalue weighted by Crippen LogP contribution is -2.55. The Morgan fingerprint density at radius 3 is 2.48 bits per heavy atom. The third-order valence-electron chi connectivity index (χ3n) is 13.6. The van der Waals surface area contributed by atoms with Gasteiger partial charge in [-0.1, -0.05) is 67.2 Å². The van der Waals surface area contributed by atoms with Crippen LogP contribution in [0.15, 0.2) is 18.3 Å². The van der Waals surface area contributed by atoms with E-state index in [4.69, 9.17) is 0 Å². The molecule has 4 unspecified atom stereocenters. The molecule has 4 saturated carbocycles. The lowest BCUT2D eigenvalue weighted by molar-refractivity contribution is -0.118. The van der Waals surface area contributed by atoms with Gasteiger partial charge >= 0.3 is 0 Å². The van der Waals surface area contributed by atoms with Crippen molar-refractivity contribution in [3.63, 3.8) is 0 Å². The summed E-state index contributed by atoms with van der Waals surface area (Å²) in [5, 5.41) is 7.64. The van der Waals surface area contributed by atoms with Crippen molar-refractivity contribution < 1.29 is 0 Å². The van der Waals surface area contributed by atoms with Crippen molar-refractivity contribution in [1.29, 1.82) is 0 Å². The van der Waals surface area contributed by atoms with E-state index in [9.17, 15) is 0 Å². The topological polar surface area (TPSA) is 37.0 Å². The van der Waals surface area contributed by atoms with Gasteiger partial charge in [0.05, 0.1) is 0 Å². The molecular weight excluding hydrogens is 510 g/mol. The molecule has 4 aliphatic carbocycles. The van der Waals surface area contributed by atoms with Crippen LogP contribution in [0, 0.1) is 52.3 Å². The average molecular weight is 578 g/mol. The molecule has 1 heterocycles. The molecule has 3 nitrogen and oxygen atoms in total. The molecule has 0 bridgehead atoms. The fourth-order valence-electron chi connectivity index (χ4n) is 11.2. The molecule has 0 aliphatic heterocycles. The van der Waals surface area contributed by atoms with E-state index in [0.29, 0.717) is 10.8 Å². The first-order valence-corrected chi connectivity index (χ1v) is 18.7. The second-order valence-electron chi connectivity index (χ2n) is 16.5. The van der Waals surface area contributed by atoms with Gasteiger partial charge in [-0.15, -0.1) is 0 Å². The van der Waals surface area contributed by atoms with Crippen LogP contribution in [0.3, 0.4) is 0 Å². The van der Waals surface area contributed by atoms with Crippen LogP contribution in [0.4, 0.5) is 5.69 Å². The van der Waals surface area contributed by atoms with Crippen LogP contribution >= 0.6 is 0 Å². The molecule has 1 aromatic rings. The first-order valence-electron chi connectivity index (χ1n) is 18.7. The second kappa shape index (κ2) is 14.3. The van der Waals surface area contributed by atoms with Gasteiger partial charge in [-0.2, -0.15) is 0 Å². The van der Waals surface area contributed by atoms with Crippen molar-refractivity contribution in [1.82, 2.24) is 10.3 Å². The molecule has 2 N–H and O–H groups in total. The maximum atomic E-state index is 4.48. The van der Waals surface area contributed by atoms with Gasteiger partial charge in [0, 0.05) is 30.2 Å². The number of nitrogens with one attached hydrogen (secondary N) is 2. The minimum atomic E-state index is 0.606. The van der Waals surface area contributed by atoms with E-state index in [2.05, 4.69) is 69.3 Å². The lowest BCUT2D eigenvalue weighted by Gasteiger charge is -2.61. The molecule has 0 aromatic carbocycles. The molecule has 4 aliphatic rings. The number of aromatic nitrogens is 1. The van der Waals surface area contributed by atoms with Crippen LogP contribution in [0.25, 0.3) is 0 Å². The van der Waals surface area contributed by atoms with Crippen molar-refractivity contribution in [3.8, 4) is 0 Å². The fourth-order valence-corrected chi connectivity index (χ4v) is 11.2. The van der Waals surface area contributed by atoms with Crippen LogP contribution < -0.4 is 10.6 Å². The van der Waals surface area contributed by atoms with Gasteiger partial charge in [-0.25, -0.2) is 0 Å². The molecule has 0 radical (unpaired) electrons. The zero-order valence-electron chi connectivity index (χ0n) is 28.5. The molecule has 0 amide bonds.